The number of hydrogen-bond donors (Lipinski definition) is 1. The van der Waals surface area contributed by atoms with Crippen LogP contribution in [0.15, 0.2) is 16.5 Å². The van der Waals surface area contributed by atoms with Gasteiger partial charge in [-0.3, -0.25) is 0 Å². The molecule has 1 heterocycles. The van der Waals surface area contributed by atoms with Crippen LogP contribution >= 0.6 is 0 Å². The predicted octanol–water partition coefficient (Wildman–Crippen LogP) is 3.56. The maximum Gasteiger partial charge on any atom is 0.120 e. The Morgan fingerprint density at radius 1 is 1.40 bits per heavy atom. The lowest BCUT2D eigenvalue weighted by molar-refractivity contribution is 0.397. The Bertz CT molecular complexity index is 299. The second kappa shape index (κ2) is 4.84. The van der Waals surface area contributed by atoms with Crippen LogP contribution in [-0.2, 0) is 0 Å². The summed E-state index contributed by atoms with van der Waals surface area (Å²) in [5.41, 5.74) is 6.09. The summed E-state index contributed by atoms with van der Waals surface area (Å²) in [7, 11) is 0. The van der Waals surface area contributed by atoms with E-state index in [4.69, 9.17) is 10.2 Å². The van der Waals surface area contributed by atoms with Crippen molar-refractivity contribution in [1.82, 2.24) is 0 Å². The van der Waals surface area contributed by atoms with Crippen molar-refractivity contribution in [2.24, 2.45) is 11.7 Å². The first kappa shape index (κ1) is 10.7. The smallest absolute Gasteiger partial charge is 0.120 e. The molecule has 1 aromatic heterocycles. The summed E-state index contributed by atoms with van der Waals surface area (Å²) in [5, 5.41) is 0. The van der Waals surface area contributed by atoms with Crippen LogP contribution in [0.2, 0.25) is 0 Å². The number of rotatable bonds is 4. The monoisotopic (exact) mass is 207 g/mol. The average Bonchev–Trinajstić information content (AvgIpc) is 2.84. The van der Waals surface area contributed by atoms with Crippen LogP contribution in [0.5, 0.6) is 0 Å². The lowest BCUT2D eigenvalue weighted by Gasteiger charge is -2.12. The van der Waals surface area contributed by atoms with Crippen molar-refractivity contribution in [1.29, 1.82) is 0 Å². The van der Waals surface area contributed by atoms with E-state index in [1.165, 1.54) is 32.1 Å². The van der Waals surface area contributed by atoms with Gasteiger partial charge in [-0.2, -0.15) is 0 Å². The Balaban J connectivity index is 1.79. The number of hydrogen-bond acceptors (Lipinski definition) is 2. The van der Waals surface area contributed by atoms with E-state index < -0.39 is 0 Å². The molecule has 2 rings (SSSR count). The molecule has 0 amide bonds. The largest absolute Gasteiger partial charge is 0.465 e. The molecular weight excluding hydrogens is 186 g/mol. The minimum Gasteiger partial charge on any atom is -0.465 e. The van der Waals surface area contributed by atoms with Gasteiger partial charge in [0.25, 0.3) is 0 Å². The highest BCUT2D eigenvalue weighted by Gasteiger charge is 2.17. The van der Waals surface area contributed by atoms with E-state index in [0.29, 0.717) is 0 Å². The van der Waals surface area contributed by atoms with Crippen molar-refractivity contribution < 1.29 is 4.42 Å². The summed E-state index contributed by atoms with van der Waals surface area (Å²) < 4.78 is 5.54. The third-order valence-electron chi connectivity index (χ3n) is 3.49. The van der Waals surface area contributed by atoms with Gasteiger partial charge in [-0.25, -0.2) is 0 Å². The van der Waals surface area contributed by atoms with Crippen molar-refractivity contribution >= 4 is 0 Å². The molecule has 2 N–H and O–H groups in total. The van der Waals surface area contributed by atoms with Gasteiger partial charge in [0.2, 0.25) is 0 Å². The van der Waals surface area contributed by atoms with Gasteiger partial charge in [0.15, 0.2) is 0 Å². The van der Waals surface area contributed by atoms with Crippen molar-refractivity contribution in [2.75, 3.05) is 0 Å². The minimum atomic E-state index is 0.0966. The van der Waals surface area contributed by atoms with Gasteiger partial charge < -0.3 is 10.2 Å². The van der Waals surface area contributed by atoms with Crippen LogP contribution < -0.4 is 5.73 Å². The van der Waals surface area contributed by atoms with Gasteiger partial charge in [-0.15, -0.1) is 0 Å². The first-order chi connectivity index (χ1) is 7.25. The molecule has 0 bridgehead atoms. The molecule has 2 nitrogen and oxygen atoms in total. The first-order valence-corrected chi connectivity index (χ1v) is 6.07. The SMILES string of the molecule is Cc1ccc(C(N)CCC2CCCC2)o1. The zero-order chi connectivity index (χ0) is 10.7. The van der Waals surface area contributed by atoms with Crippen LogP contribution in [0.3, 0.4) is 0 Å². The Morgan fingerprint density at radius 2 is 2.13 bits per heavy atom. The molecule has 2 heteroatoms. The second-order valence-corrected chi connectivity index (χ2v) is 4.78. The molecule has 0 radical (unpaired) electrons. The fourth-order valence-corrected chi connectivity index (χ4v) is 2.51. The van der Waals surface area contributed by atoms with E-state index in [9.17, 15) is 0 Å². The quantitative estimate of drug-likeness (QED) is 0.820. The van der Waals surface area contributed by atoms with Crippen LogP contribution in [0.25, 0.3) is 0 Å². The van der Waals surface area contributed by atoms with E-state index >= 15 is 0 Å². The van der Waals surface area contributed by atoms with Crippen molar-refractivity contribution in [3.05, 3.63) is 23.7 Å². The molecule has 1 fully saturated rings. The molecule has 1 unspecified atom stereocenters. The fourth-order valence-electron chi connectivity index (χ4n) is 2.51. The number of furan rings is 1. The maximum absolute atomic E-state index is 6.09. The Morgan fingerprint density at radius 3 is 2.73 bits per heavy atom. The normalized spacial score (nSPS) is 19.6. The molecular formula is C13H21NO. The van der Waals surface area contributed by atoms with Crippen molar-refractivity contribution in [2.45, 2.75) is 51.5 Å². The third-order valence-corrected chi connectivity index (χ3v) is 3.49. The summed E-state index contributed by atoms with van der Waals surface area (Å²) in [6.07, 6.45) is 7.98. The fraction of sp³-hybridized carbons (Fsp3) is 0.692. The van der Waals surface area contributed by atoms with E-state index in [0.717, 1.165) is 23.9 Å². The van der Waals surface area contributed by atoms with Gasteiger partial charge in [-0.1, -0.05) is 25.7 Å². The Kier molecular flexibility index (Phi) is 3.47. The summed E-state index contributed by atoms with van der Waals surface area (Å²) in [5.74, 6) is 2.83. The van der Waals surface area contributed by atoms with Crippen LogP contribution in [0, 0.1) is 12.8 Å². The molecule has 1 atom stereocenters. The van der Waals surface area contributed by atoms with E-state index in [1.54, 1.807) is 0 Å². The summed E-state index contributed by atoms with van der Waals surface area (Å²) in [4.78, 5) is 0. The molecule has 15 heavy (non-hydrogen) atoms. The molecule has 0 aromatic carbocycles. The number of nitrogens with two attached hydrogens (primary N) is 1. The van der Waals surface area contributed by atoms with Crippen LogP contribution in [0.4, 0.5) is 0 Å². The van der Waals surface area contributed by atoms with Gasteiger partial charge in [0, 0.05) is 0 Å². The highest BCUT2D eigenvalue weighted by molar-refractivity contribution is 5.09. The lowest BCUT2D eigenvalue weighted by Crippen LogP contribution is -2.10. The first-order valence-electron chi connectivity index (χ1n) is 6.07. The zero-order valence-corrected chi connectivity index (χ0v) is 9.54. The highest BCUT2D eigenvalue weighted by atomic mass is 16.3. The van der Waals surface area contributed by atoms with Crippen molar-refractivity contribution in [3.8, 4) is 0 Å². The summed E-state index contributed by atoms with van der Waals surface area (Å²) in [6, 6.07) is 4.10. The molecule has 1 aromatic rings. The van der Waals surface area contributed by atoms with E-state index in [2.05, 4.69) is 0 Å². The highest BCUT2D eigenvalue weighted by Crippen LogP contribution is 2.31. The lowest BCUT2D eigenvalue weighted by atomic mass is 9.98. The van der Waals surface area contributed by atoms with Crippen LogP contribution in [-0.4, -0.2) is 0 Å². The molecule has 1 aliphatic carbocycles. The molecule has 84 valence electrons. The molecule has 1 saturated carbocycles. The molecule has 0 saturated heterocycles. The standard InChI is InChI=1S/C13H21NO/c1-10-6-9-13(15-10)12(14)8-7-11-4-2-3-5-11/h6,9,11-12H,2-5,7-8,14H2,1H3. The summed E-state index contributed by atoms with van der Waals surface area (Å²) >= 11 is 0. The predicted molar refractivity (Wildman–Crippen MR) is 61.6 cm³/mol. The molecule has 1 aliphatic rings. The second-order valence-electron chi connectivity index (χ2n) is 4.78. The van der Waals surface area contributed by atoms with Gasteiger partial charge in [0.05, 0.1) is 6.04 Å². The Labute approximate surface area is 91.8 Å². The third kappa shape index (κ3) is 2.85. The zero-order valence-electron chi connectivity index (χ0n) is 9.54. The van der Waals surface area contributed by atoms with Gasteiger partial charge in [-0.05, 0) is 37.8 Å². The van der Waals surface area contributed by atoms with Crippen LogP contribution in [0.1, 0.15) is 56.1 Å². The van der Waals surface area contributed by atoms with Gasteiger partial charge in [0.1, 0.15) is 11.5 Å². The molecule has 0 spiro atoms. The Hall–Kier alpha value is -0.760. The minimum absolute atomic E-state index is 0.0966. The van der Waals surface area contributed by atoms with E-state index in [-0.39, 0.29) is 6.04 Å². The van der Waals surface area contributed by atoms with Crippen molar-refractivity contribution in [3.63, 3.8) is 0 Å². The number of aryl methyl sites for hydroxylation is 1. The molecule has 0 aliphatic heterocycles. The average molecular weight is 207 g/mol. The van der Waals surface area contributed by atoms with E-state index in [1.807, 2.05) is 19.1 Å². The topological polar surface area (TPSA) is 39.2 Å². The maximum atomic E-state index is 6.09. The van der Waals surface area contributed by atoms with Gasteiger partial charge >= 0.3 is 0 Å². The summed E-state index contributed by atoms with van der Waals surface area (Å²) in [6.45, 7) is 1.97.